The fraction of sp³-hybridized carbons (Fsp3) is 0.632. The SMILES string of the molecule is C[C@@H](O[C@H](C)C(F)(F)F)[C@H](N)c1nc2c(F)c(Br)ccc2n1COCC[Si](C)(C)C. The van der Waals surface area contributed by atoms with Crippen LogP contribution in [0.1, 0.15) is 25.7 Å². The number of hydrogen-bond acceptors (Lipinski definition) is 4. The molecule has 0 spiro atoms. The number of aromatic nitrogens is 2. The number of nitrogens with two attached hydrogens (primary N) is 1. The lowest BCUT2D eigenvalue weighted by Crippen LogP contribution is -2.37. The summed E-state index contributed by atoms with van der Waals surface area (Å²) in [5.74, 6) is -0.365. The normalized spacial score (nSPS) is 16.1. The van der Waals surface area contributed by atoms with Gasteiger partial charge in [0.1, 0.15) is 18.1 Å². The molecule has 0 radical (unpaired) electrons. The topological polar surface area (TPSA) is 62.3 Å². The van der Waals surface area contributed by atoms with E-state index in [1.807, 2.05) is 0 Å². The van der Waals surface area contributed by atoms with Gasteiger partial charge in [-0.3, -0.25) is 0 Å². The minimum atomic E-state index is -4.51. The molecule has 0 aliphatic carbocycles. The summed E-state index contributed by atoms with van der Waals surface area (Å²) in [6.45, 7) is 9.60. The summed E-state index contributed by atoms with van der Waals surface area (Å²) in [7, 11) is -1.31. The Morgan fingerprint density at radius 3 is 2.43 bits per heavy atom. The Morgan fingerprint density at radius 2 is 1.87 bits per heavy atom. The van der Waals surface area contributed by atoms with Gasteiger partial charge < -0.3 is 19.8 Å². The van der Waals surface area contributed by atoms with E-state index in [1.54, 1.807) is 16.7 Å². The molecule has 1 heterocycles. The molecular weight excluding hydrogens is 486 g/mol. The maximum Gasteiger partial charge on any atom is 0.414 e. The maximum absolute atomic E-state index is 14.6. The lowest BCUT2D eigenvalue weighted by molar-refractivity contribution is -0.227. The van der Waals surface area contributed by atoms with Gasteiger partial charge in [-0.15, -0.1) is 0 Å². The minimum absolute atomic E-state index is 0.0621. The molecule has 0 saturated carbocycles. The molecule has 1 aromatic carbocycles. The Bertz CT molecular complexity index is 870. The second-order valence-corrected chi connectivity index (χ2v) is 15.0. The molecular formula is C19H28BrF4N3O2Si. The van der Waals surface area contributed by atoms with Crippen LogP contribution in [0.5, 0.6) is 0 Å². The van der Waals surface area contributed by atoms with Crippen molar-refractivity contribution < 1.29 is 27.0 Å². The van der Waals surface area contributed by atoms with Crippen LogP contribution in [-0.2, 0) is 16.2 Å². The molecule has 11 heteroatoms. The average Bonchev–Trinajstić information content (AvgIpc) is 2.98. The quantitative estimate of drug-likeness (QED) is 0.269. The summed E-state index contributed by atoms with van der Waals surface area (Å²) in [6, 6.07) is 3.13. The number of alkyl halides is 3. The number of imidazole rings is 1. The molecule has 0 unspecified atom stereocenters. The van der Waals surface area contributed by atoms with Gasteiger partial charge in [0.25, 0.3) is 0 Å². The fourth-order valence-electron chi connectivity index (χ4n) is 2.77. The van der Waals surface area contributed by atoms with Crippen LogP contribution < -0.4 is 5.73 Å². The number of fused-ring (bicyclic) bond motifs is 1. The first-order valence-electron chi connectivity index (χ1n) is 9.62. The Balaban J connectivity index is 2.33. The third kappa shape index (κ3) is 6.25. The summed E-state index contributed by atoms with van der Waals surface area (Å²) in [5.41, 5.74) is 6.72. The van der Waals surface area contributed by atoms with E-state index in [1.165, 1.54) is 6.92 Å². The fourth-order valence-corrected chi connectivity index (χ4v) is 3.85. The lowest BCUT2D eigenvalue weighted by atomic mass is 10.1. The summed E-state index contributed by atoms with van der Waals surface area (Å²) < 4.78 is 65.9. The van der Waals surface area contributed by atoms with Crippen molar-refractivity contribution in [3.8, 4) is 0 Å². The first-order valence-corrected chi connectivity index (χ1v) is 14.1. The van der Waals surface area contributed by atoms with E-state index in [2.05, 4.69) is 40.6 Å². The van der Waals surface area contributed by atoms with Gasteiger partial charge in [-0.05, 0) is 48.0 Å². The summed E-state index contributed by atoms with van der Waals surface area (Å²) >= 11 is 3.12. The largest absolute Gasteiger partial charge is 0.414 e. The Kier molecular flexibility index (Phi) is 8.11. The smallest absolute Gasteiger partial charge is 0.364 e. The first-order chi connectivity index (χ1) is 13.7. The van der Waals surface area contributed by atoms with Gasteiger partial charge in [-0.2, -0.15) is 13.2 Å². The van der Waals surface area contributed by atoms with Crippen LogP contribution in [0.3, 0.4) is 0 Å². The molecule has 5 nitrogen and oxygen atoms in total. The third-order valence-electron chi connectivity index (χ3n) is 4.74. The van der Waals surface area contributed by atoms with E-state index in [0.717, 1.165) is 13.0 Å². The molecule has 0 aliphatic heterocycles. The van der Waals surface area contributed by atoms with Crippen LogP contribution in [-0.4, -0.2) is 42.6 Å². The van der Waals surface area contributed by atoms with Crippen molar-refractivity contribution >= 4 is 35.0 Å². The molecule has 0 fully saturated rings. The lowest BCUT2D eigenvalue weighted by Gasteiger charge is -2.26. The van der Waals surface area contributed by atoms with Gasteiger partial charge >= 0.3 is 6.18 Å². The van der Waals surface area contributed by atoms with Gasteiger partial charge in [-0.1, -0.05) is 19.6 Å². The Labute approximate surface area is 183 Å². The van der Waals surface area contributed by atoms with Crippen molar-refractivity contribution in [1.29, 1.82) is 0 Å². The van der Waals surface area contributed by atoms with Crippen molar-refractivity contribution in [2.24, 2.45) is 5.73 Å². The molecule has 0 saturated heterocycles. The standard InChI is InChI=1S/C19H28BrF4N3O2Si/c1-11(29-12(2)19(22,23)24)16(25)18-26-17-14(7-6-13(20)15(17)21)27(18)10-28-8-9-30(3,4)5/h6-7,11-12,16H,8-10,25H2,1-5H3/t11-,12-,16+/m1/s1. The van der Waals surface area contributed by atoms with Gasteiger partial charge in [-0.25, -0.2) is 9.37 Å². The van der Waals surface area contributed by atoms with Crippen LogP contribution in [0, 0.1) is 5.82 Å². The van der Waals surface area contributed by atoms with Gasteiger partial charge in [0.15, 0.2) is 11.9 Å². The minimum Gasteiger partial charge on any atom is -0.364 e. The predicted octanol–water partition coefficient (Wildman–Crippen LogP) is 5.61. The number of rotatable bonds is 9. The summed E-state index contributed by atoms with van der Waals surface area (Å²) in [5, 5.41) is 0. The highest BCUT2D eigenvalue weighted by Crippen LogP contribution is 2.30. The number of halogens is 5. The molecule has 2 rings (SSSR count). The molecule has 0 bridgehead atoms. The molecule has 30 heavy (non-hydrogen) atoms. The first kappa shape index (κ1) is 25.2. The van der Waals surface area contributed by atoms with E-state index < -0.39 is 38.3 Å². The Morgan fingerprint density at radius 1 is 1.23 bits per heavy atom. The van der Waals surface area contributed by atoms with E-state index in [9.17, 15) is 17.6 Å². The molecule has 0 aliphatic rings. The summed E-state index contributed by atoms with van der Waals surface area (Å²) in [4.78, 5) is 4.29. The summed E-state index contributed by atoms with van der Waals surface area (Å²) in [6.07, 6.45) is -7.51. The zero-order valence-electron chi connectivity index (χ0n) is 17.7. The molecule has 2 aromatic rings. The third-order valence-corrected chi connectivity index (χ3v) is 7.06. The van der Waals surface area contributed by atoms with E-state index in [-0.39, 0.29) is 22.5 Å². The van der Waals surface area contributed by atoms with Crippen molar-refractivity contribution in [3.63, 3.8) is 0 Å². The number of nitrogens with zero attached hydrogens (tertiary/aromatic N) is 2. The van der Waals surface area contributed by atoms with Crippen molar-refractivity contribution in [2.45, 2.75) is 70.7 Å². The second kappa shape index (κ2) is 9.64. The van der Waals surface area contributed by atoms with Crippen LogP contribution in [0.15, 0.2) is 16.6 Å². The highest BCUT2D eigenvalue weighted by molar-refractivity contribution is 9.10. The van der Waals surface area contributed by atoms with Gasteiger partial charge in [0.05, 0.1) is 22.1 Å². The maximum atomic E-state index is 14.6. The monoisotopic (exact) mass is 513 g/mol. The zero-order chi connectivity index (χ0) is 22.9. The van der Waals surface area contributed by atoms with Gasteiger partial charge in [0.2, 0.25) is 0 Å². The highest BCUT2D eigenvalue weighted by Gasteiger charge is 2.39. The van der Waals surface area contributed by atoms with Crippen LogP contribution in [0.4, 0.5) is 17.6 Å². The van der Waals surface area contributed by atoms with Gasteiger partial charge in [0, 0.05) is 14.7 Å². The Hall–Kier alpha value is -1.01. The number of ether oxygens (including phenoxy) is 2. The van der Waals surface area contributed by atoms with Crippen LogP contribution in [0.2, 0.25) is 25.7 Å². The van der Waals surface area contributed by atoms with E-state index >= 15 is 0 Å². The van der Waals surface area contributed by atoms with Crippen molar-refractivity contribution in [3.05, 3.63) is 28.2 Å². The van der Waals surface area contributed by atoms with Crippen LogP contribution in [0.25, 0.3) is 11.0 Å². The molecule has 170 valence electrons. The average molecular weight is 514 g/mol. The van der Waals surface area contributed by atoms with Crippen molar-refractivity contribution in [2.75, 3.05) is 6.61 Å². The second-order valence-electron chi connectivity index (χ2n) is 8.53. The van der Waals surface area contributed by atoms with Crippen molar-refractivity contribution in [1.82, 2.24) is 9.55 Å². The molecule has 0 amide bonds. The molecule has 2 N–H and O–H groups in total. The highest BCUT2D eigenvalue weighted by atomic mass is 79.9. The zero-order valence-corrected chi connectivity index (χ0v) is 20.3. The van der Waals surface area contributed by atoms with E-state index in [4.69, 9.17) is 15.2 Å². The molecule has 3 atom stereocenters. The predicted molar refractivity (Wildman–Crippen MR) is 114 cm³/mol. The van der Waals surface area contributed by atoms with Crippen LogP contribution >= 0.6 is 15.9 Å². The number of hydrogen-bond donors (Lipinski definition) is 1. The number of benzene rings is 1. The molecule has 1 aromatic heterocycles. The van der Waals surface area contributed by atoms with E-state index in [0.29, 0.717) is 12.1 Å².